The van der Waals surface area contributed by atoms with E-state index in [0.717, 1.165) is 25.1 Å². The smallest absolute Gasteiger partial charge is 0.255 e. The van der Waals surface area contributed by atoms with Gasteiger partial charge < -0.3 is 10.6 Å². The molecule has 3 rings (SSSR count). The average Bonchev–Trinajstić information content (AvgIpc) is 2.92. The first-order valence-electron chi connectivity index (χ1n) is 8.67. The summed E-state index contributed by atoms with van der Waals surface area (Å²) >= 11 is 0. The van der Waals surface area contributed by atoms with Gasteiger partial charge in [-0.2, -0.15) is 0 Å². The van der Waals surface area contributed by atoms with Crippen molar-refractivity contribution in [1.82, 2.24) is 5.32 Å². The summed E-state index contributed by atoms with van der Waals surface area (Å²) in [6, 6.07) is 7.38. The number of rotatable bonds is 6. The molecule has 1 amide bonds. The lowest BCUT2D eigenvalue weighted by Crippen LogP contribution is -2.21. The molecule has 0 saturated carbocycles. The van der Waals surface area contributed by atoms with Crippen molar-refractivity contribution in [3.8, 4) is 0 Å². The molecule has 0 spiro atoms. The van der Waals surface area contributed by atoms with E-state index in [4.69, 9.17) is 0 Å². The number of allylic oxidation sites excluding steroid dienone is 6. The number of amides is 1. The fourth-order valence-corrected chi connectivity index (χ4v) is 2.72. The Balaban J connectivity index is 1.55. The molecule has 0 bridgehead atoms. The Hall–Kier alpha value is -3.21. The van der Waals surface area contributed by atoms with Crippen molar-refractivity contribution in [2.24, 2.45) is 5.18 Å². The molecule has 26 heavy (non-hydrogen) atoms. The Bertz CT molecular complexity index is 827. The molecule has 0 aromatic heterocycles. The van der Waals surface area contributed by atoms with Gasteiger partial charge in [-0.3, -0.25) is 4.79 Å². The van der Waals surface area contributed by atoms with Gasteiger partial charge in [0.2, 0.25) is 0 Å². The van der Waals surface area contributed by atoms with Crippen molar-refractivity contribution in [2.75, 3.05) is 11.9 Å². The van der Waals surface area contributed by atoms with E-state index in [1.54, 1.807) is 30.4 Å². The van der Waals surface area contributed by atoms with Gasteiger partial charge in [0.1, 0.15) is 5.70 Å². The second kappa shape index (κ2) is 8.76. The monoisotopic (exact) mass is 347 g/mol. The van der Waals surface area contributed by atoms with Crippen LogP contribution >= 0.6 is 0 Å². The zero-order valence-corrected chi connectivity index (χ0v) is 14.4. The molecule has 2 aliphatic carbocycles. The fourth-order valence-electron chi connectivity index (χ4n) is 2.72. The van der Waals surface area contributed by atoms with Crippen molar-refractivity contribution in [3.63, 3.8) is 0 Å². The Morgan fingerprint density at radius 1 is 1.00 bits per heavy atom. The van der Waals surface area contributed by atoms with Crippen LogP contribution < -0.4 is 10.6 Å². The van der Waals surface area contributed by atoms with Crippen LogP contribution in [0.2, 0.25) is 0 Å². The summed E-state index contributed by atoms with van der Waals surface area (Å²) in [6.45, 7) is 0.778. The number of hydrogen-bond donors (Lipinski definition) is 2. The lowest BCUT2D eigenvalue weighted by atomic mass is 10.1. The molecule has 5 heteroatoms. The number of nitrogens with one attached hydrogen (secondary N) is 2. The van der Waals surface area contributed by atoms with E-state index < -0.39 is 0 Å². The van der Waals surface area contributed by atoms with Gasteiger partial charge in [-0.05, 0) is 66.4 Å². The summed E-state index contributed by atoms with van der Waals surface area (Å²) < 4.78 is 0. The lowest BCUT2D eigenvalue weighted by Gasteiger charge is -2.11. The maximum Gasteiger partial charge on any atom is 0.255 e. The minimum Gasteiger partial charge on any atom is -0.381 e. The first kappa shape index (κ1) is 17.6. The number of benzene rings is 1. The van der Waals surface area contributed by atoms with Crippen LogP contribution in [0.4, 0.5) is 5.69 Å². The minimum absolute atomic E-state index is 0.187. The summed E-state index contributed by atoms with van der Waals surface area (Å²) in [5, 5.41) is 9.11. The fraction of sp³-hybridized carbons (Fsp3) is 0.190. The van der Waals surface area contributed by atoms with Gasteiger partial charge in [-0.15, -0.1) is 4.91 Å². The van der Waals surface area contributed by atoms with E-state index in [2.05, 4.69) is 34.0 Å². The molecule has 2 N–H and O–H groups in total. The maximum atomic E-state index is 12.4. The zero-order valence-electron chi connectivity index (χ0n) is 14.4. The highest BCUT2D eigenvalue weighted by molar-refractivity contribution is 5.95. The molecule has 0 atom stereocenters. The minimum atomic E-state index is -0.187. The quantitative estimate of drug-likeness (QED) is 0.739. The molecule has 0 unspecified atom stereocenters. The van der Waals surface area contributed by atoms with E-state index >= 15 is 0 Å². The van der Waals surface area contributed by atoms with Crippen molar-refractivity contribution < 1.29 is 4.79 Å². The number of carbonyl (C=O) groups is 1. The van der Waals surface area contributed by atoms with Crippen molar-refractivity contribution >= 4 is 11.6 Å². The van der Waals surface area contributed by atoms with Gasteiger partial charge in [0, 0.05) is 23.5 Å². The molecule has 1 aromatic rings. The topological polar surface area (TPSA) is 70.6 Å². The number of carbonyl (C=O) groups excluding carboxylic acids is 1. The van der Waals surface area contributed by atoms with Crippen LogP contribution in [-0.2, 0) is 0 Å². The highest BCUT2D eigenvalue weighted by atomic mass is 16.3. The first-order valence-corrected chi connectivity index (χ1v) is 8.67. The van der Waals surface area contributed by atoms with Crippen LogP contribution in [-0.4, -0.2) is 12.5 Å². The van der Waals surface area contributed by atoms with Gasteiger partial charge >= 0.3 is 0 Å². The van der Waals surface area contributed by atoms with Crippen molar-refractivity contribution in [1.29, 1.82) is 0 Å². The highest BCUT2D eigenvalue weighted by Crippen LogP contribution is 2.14. The van der Waals surface area contributed by atoms with Crippen LogP contribution in [0.5, 0.6) is 0 Å². The predicted molar refractivity (Wildman–Crippen MR) is 105 cm³/mol. The molecular weight excluding hydrogens is 326 g/mol. The van der Waals surface area contributed by atoms with Crippen LogP contribution in [0.25, 0.3) is 0 Å². The van der Waals surface area contributed by atoms with Crippen LogP contribution in [0.15, 0.2) is 88.9 Å². The van der Waals surface area contributed by atoms with E-state index in [1.165, 1.54) is 5.57 Å². The third-order valence-corrected chi connectivity index (χ3v) is 4.18. The highest BCUT2D eigenvalue weighted by Gasteiger charge is 2.08. The molecular formula is C21H21N3O2. The standard InChI is InChI=1S/C21H21N3O2/c25-21(23-19-7-4-8-20(24-26)14-13-19)17-9-11-18(12-10-17)22-15-16-5-2-1-3-6-16/h2,5-14,22H,1,3-4,15H2,(H,23,25). The largest absolute Gasteiger partial charge is 0.381 e. The third-order valence-electron chi connectivity index (χ3n) is 4.18. The summed E-state index contributed by atoms with van der Waals surface area (Å²) in [4.78, 5) is 22.9. The molecule has 5 nitrogen and oxygen atoms in total. The summed E-state index contributed by atoms with van der Waals surface area (Å²) in [5.74, 6) is -0.187. The molecule has 0 saturated heterocycles. The first-order chi connectivity index (χ1) is 12.7. The Labute approximate surface area is 152 Å². The summed E-state index contributed by atoms with van der Waals surface area (Å²) in [6.07, 6.45) is 16.2. The predicted octanol–water partition coefficient (Wildman–Crippen LogP) is 4.60. The average molecular weight is 347 g/mol. The van der Waals surface area contributed by atoms with Gasteiger partial charge in [0.25, 0.3) is 5.91 Å². The van der Waals surface area contributed by atoms with Crippen molar-refractivity contribution in [3.05, 3.63) is 94.2 Å². The van der Waals surface area contributed by atoms with E-state index in [0.29, 0.717) is 23.4 Å². The third kappa shape index (κ3) is 4.89. The summed E-state index contributed by atoms with van der Waals surface area (Å²) in [7, 11) is 0. The van der Waals surface area contributed by atoms with E-state index in [1.807, 2.05) is 18.2 Å². The molecule has 132 valence electrons. The molecule has 0 aliphatic heterocycles. The molecule has 0 fully saturated rings. The number of hydrogen-bond acceptors (Lipinski definition) is 4. The van der Waals surface area contributed by atoms with E-state index in [-0.39, 0.29) is 5.91 Å². The molecule has 0 heterocycles. The second-order valence-electron chi connectivity index (χ2n) is 6.09. The van der Waals surface area contributed by atoms with Gasteiger partial charge in [-0.25, -0.2) is 0 Å². The van der Waals surface area contributed by atoms with E-state index in [9.17, 15) is 9.70 Å². The van der Waals surface area contributed by atoms with Gasteiger partial charge in [0.15, 0.2) is 0 Å². The lowest BCUT2D eigenvalue weighted by molar-refractivity contribution is 0.0967. The maximum absolute atomic E-state index is 12.4. The van der Waals surface area contributed by atoms with Crippen LogP contribution in [0, 0.1) is 4.91 Å². The second-order valence-corrected chi connectivity index (χ2v) is 6.09. The molecule has 2 aliphatic rings. The summed E-state index contributed by atoms with van der Waals surface area (Å²) in [5.41, 5.74) is 3.85. The van der Waals surface area contributed by atoms with Crippen molar-refractivity contribution in [2.45, 2.75) is 19.3 Å². The number of nitroso groups, excluding NO2 is 1. The Kier molecular flexibility index (Phi) is 5.93. The Morgan fingerprint density at radius 3 is 2.58 bits per heavy atom. The number of anilines is 1. The SMILES string of the molecule is O=NC1=CCC=C(NC(=O)c2ccc(NCC3=CCCC=C3)cc2)C=C1. The van der Waals surface area contributed by atoms with Gasteiger partial charge in [-0.1, -0.05) is 30.4 Å². The number of nitrogens with zero attached hydrogens (tertiary/aromatic N) is 1. The van der Waals surface area contributed by atoms with Crippen LogP contribution in [0.3, 0.4) is 0 Å². The zero-order chi connectivity index (χ0) is 18.2. The van der Waals surface area contributed by atoms with Gasteiger partial charge in [0.05, 0.1) is 0 Å². The normalized spacial score (nSPS) is 16.1. The Morgan fingerprint density at radius 2 is 1.85 bits per heavy atom. The molecule has 0 radical (unpaired) electrons. The van der Waals surface area contributed by atoms with Crippen LogP contribution in [0.1, 0.15) is 29.6 Å². The molecule has 1 aromatic carbocycles.